The smallest absolute Gasteiger partial charge is 0.131 e. The van der Waals surface area contributed by atoms with Gasteiger partial charge >= 0.3 is 0 Å². The number of hydrogen-bond donors (Lipinski definition) is 1. The van der Waals surface area contributed by atoms with Crippen LogP contribution in [-0.4, -0.2) is 0 Å². The molecule has 0 heterocycles. The molecule has 2 nitrogen and oxygen atoms in total. The molecule has 0 fully saturated rings. The Balaban J connectivity index is 2.16. The summed E-state index contributed by atoms with van der Waals surface area (Å²) in [6, 6.07) is 12.0. The third kappa shape index (κ3) is 2.81. The van der Waals surface area contributed by atoms with Crippen LogP contribution in [-0.2, 0) is 13.2 Å². The average Bonchev–Trinajstić information content (AvgIpc) is 2.38. The van der Waals surface area contributed by atoms with Crippen molar-refractivity contribution in [3.63, 3.8) is 0 Å². The van der Waals surface area contributed by atoms with E-state index in [1.54, 1.807) is 18.2 Å². The van der Waals surface area contributed by atoms with Gasteiger partial charge in [0.25, 0.3) is 0 Å². The molecule has 18 heavy (non-hydrogen) atoms. The number of hydrogen-bond acceptors (Lipinski definition) is 2. The Morgan fingerprint density at radius 1 is 1.11 bits per heavy atom. The van der Waals surface area contributed by atoms with Gasteiger partial charge in [-0.2, -0.15) is 0 Å². The Hall–Kier alpha value is -1.58. The predicted molar refractivity (Wildman–Crippen MR) is 70.1 cm³/mol. The Morgan fingerprint density at radius 2 is 1.89 bits per heavy atom. The van der Waals surface area contributed by atoms with Crippen LogP contribution in [0.2, 0.25) is 5.02 Å². The van der Waals surface area contributed by atoms with E-state index in [2.05, 4.69) is 0 Å². The standard InChI is InChI=1S/C14H13ClFNO/c15-12-5-2-1-4-10(12)9-18-14-7-3-6-13(16)11(14)8-17/h1-7H,8-9,17H2. The predicted octanol–water partition coefficient (Wildman–Crippen LogP) is 3.52. The molecule has 0 aliphatic rings. The zero-order valence-electron chi connectivity index (χ0n) is 9.70. The molecule has 0 spiro atoms. The maximum absolute atomic E-state index is 13.5. The highest BCUT2D eigenvalue weighted by Crippen LogP contribution is 2.23. The van der Waals surface area contributed by atoms with Crippen LogP contribution in [0.4, 0.5) is 4.39 Å². The van der Waals surface area contributed by atoms with Crippen LogP contribution in [0.25, 0.3) is 0 Å². The molecule has 0 aromatic heterocycles. The van der Waals surface area contributed by atoms with Crippen LogP contribution < -0.4 is 10.5 Å². The van der Waals surface area contributed by atoms with Gasteiger partial charge in [-0.3, -0.25) is 0 Å². The number of nitrogens with two attached hydrogens (primary N) is 1. The van der Waals surface area contributed by atoms with Gasteiger partial charge in [-0.15, -0.1) is 0 Å². The third-order valence-corrected chi connectivity index (χ3v) is 2.99. The quantitative estimate of drug-likeness (QED) is 0.918. The number of halogens is 2. The summed E-state index contributed by atoms with van der Waals surface area (Å²) in [7, 11) is 0. The fourth-order valence-corrected chi connectivity index (χ4v) is 1.83. The van der Waals surface area contributed by atoms with Crippen molar-refractivity contribution >= 4 is 11.6 Å². The molecule has 0 saturated heterocycles. The Labute approximate surface area is 110 Å². The molecule has 94 valence electrons. The van der Waals surface area contributed by atoms with Gasteiger partial charge in [0.1, 0.15) is 18.2 Å². The molecule has 4 heteroatoms. The lowest BCUT2D eigenvalue weighted by atomic mass is 10.2. The van der Waals surface area contributed by atoms with E-state index in [1.165, 1.54) is 6.07 Å². The maximum Gasteiger partial charge on any atom is 0.131 e. The maximum atomic E-state index is 13.5. The minimum Gasteiger partial charge on any atom is -0.488 e. The van der Waals surface area contributed by atoms with E-state index < -0.39 is 0 Å². The van der Waals surface area contributed by atoms with Gasteiger partial charge in [0.2, 0.25) is 0 Å². The first kappa shape index (κ1) is 12.9. The summed E-state index contributed by atoms with van der Waals surface area (Å²) < 4.78 is 19.0. The second-order valence-electron chi connectivity index (χ2n) is 3.80. The van der Waals surface area contributed by atoms with E-state index in [0.717, 1.165) is 5.56 Å². The fourth-order valence-electron chi connectivity index (χ4n) is 1.64. The van der Waals surface area contributed by atoms with E-state index in [0.29, 0.717) is 16.3 Å². The number of benzene rings is 2. The monoisotopic (exact) mass is 265 g/mol. The number of rotatable bonds is 4. The summed E-state index contributed by atoms with van der Waals surface area (Å²) in [5, 5.41) is 0.628. The van der Waals surface area contributed by atoms with E-state index in [-0.39, 0.29) is 19.0 Å². The molecule has 0 saturated carbocycles. The molecular weight excluding hydrogens is 253 g/mol. The van der Waals surface area contributed by atoms with Crippen molar-refractivity contribution in [2.24, 2.45) is 5.73 Å². The molecule has 0 atom stereocenters. The summed E-state index contributed by atoms with van der Waals surface area (Å²) in [5.41, 5.74) is 6.74. The molecule has 0 unspecified atom stereocenters. The Kier molecular flexibility index (Phi) is 4.18. The topological polar surface area (TPSA) is 35.2 Å². The van der Waals surface area contributed by atoms with E-state index in [1.807, 2.05) is 18.2 Å². The molecule has 0 bridgehead atoms. The normalized spacial score (nSPS) is 10.4. The van der Waals surface area contributed by atoms with Crippen LogP contribution in [0.3, 0.4) is 0 Å². The van der Waals surface area contributed by atoms with E-state index >= 15 is 0 Å². The van der Waals surface area contributed by atoms with Gasteiger partial charge in [0, 0.05) is 22.7 Å². The number of ether oxygens (including phenoxy) is 1. The zero-order chi connectivity index (χ0) is 13.0. The van der Waals surface area contributed by atoms with E-state index in [4.69, 9.17) is 22.1 Å². The summed E-state index contributed by atoms with van der Waals surface area (Å²) in [6.45, 7) is 0.390. The van der Waals surface area contributed by atoms with Crippen molar-refractivity contribution in [1.82, 2.24) is 0 Å². The third-order valence-electron chi connectivity index (χ3n) is 2.62. The molecular formula is C14H13ClFNO. The van der Waals surface area contributed by atoms with Crippen molar-refractivity contribution in [2.45, 2.75) is 13.2 Å². The summed E-state index contributed by atoms with van der Waals surface area (Å²) in [5.74, 6) is 0.103. The van der Waals surface area contributed by atoms with Crippen LogP contribution in [0.1, 0.15) is 11.1 Å². The van der Waals surface area contributed by atoms with Crippen molar-refractivity contribution in [3.05, 3.63) is 64.4 Å². The summed E-state index contributed by atoms with van der Waals surface area (Å²) >= 11 is 6.02. The lowest BCUT2D eigenvalue weighted by molar-refractivity contribution is 0.301. The highest BCUT2D eigenvalue weighted by Gasteiger charge is 2.08. The molecule has 2 aromatic carbocycles. The summed E-state index contributed by atoms with van der Waals surface area (Å²) in [4.78, 5) is 0. The van der Waals surface area contributed by atoms with Crippen molar-refractivity contribution in [3.8, 4) is 5.75 Å². The molecule has 2 rings (SSSR count). The van der Waals surface area contributed by atoms with Crippen LogP contribution in [0.15, 0.2) is 42.5 Å². The molecule has 0 aliphatic heterocycles. The average molecular weight is 266 g/mol. The minimum atomic E-state index is -0.353. The Morgan fingerprint density at radius 3 is 2.61 bits per heavy atom. The van der Waals surface area contributed by atoms with E-state index in [9.17, 15) is 4.39 Å². The fraction of sp³-hybridized carbons (Fsp3) is 0.143. The Bertz CT molecular complexity index is 545. The van der Waals surface area contributed by atoms with Gasteiger partial charge in [0.05, 0.1) is 0 Å². The van der Waals surface area contributed by atoms with Gasteiger partial charge < -0.3 is 10.5 Å². The highest BCUT2D eigenvalue weighted by atomic mass is 35.5. The van der Waals surface area contributed by atoms with Gasteiger partial charge in [-0.1, -0.05) is 35.9 Å². The van der Waals surface area contributed by atoms with Crippen LogP contribution in [0.5, 0.6) is 5.75 Å². The van der Waals surface area contributed by atoms with Gasteiger partial charge in [-0.25, -0.2) is 4.39 Å². The molecule has 2 N–H and O–H groups in total. The molecule has 0 aliphatic carbocycles. The lowest BCUT2D eigenvalue weighted by Gasteiger charge is -2.11. The lowest BCUT2D eigenvalue weighted by Crippen LogP contribution is -2.05. The molecule has 2 aromatic rings. The van der Waals surface area contributed by atoms with Gasteiger partial charge in [0.15, 0.2) is 0 Å². The largest absolute Gasteiger partial charge is 0.488 e. The first-order valence-corrected chi connectivity index (χ1v) is 5.94. The minimum absolute atomic E-state index is 0.102. The first-order valence-electron chi connectivity index (χ1n) is 5.56. The van der Waals surface area contributed by atoms with Crippen molar-refractivity contribution < 1.29 is 9.13 Å². The summed E-state index contributed by atoms with van der Waals surface area (Å²) in [6.07, 6.45) is 0. The first-order chi connectivity index (χ1) is 8.72. The van der Waals surface area contributed by atoms with Crippen LogP contribution >= 0.6 is 11.6 Å². The van der Waals surface area contributed by atoms with Gasteiger partial charge in [-0.05, 0) is 18.2 Å². The van der Waals surface area contributed by atoms with Crippen molar-refractivity contribution in [1.29, 1.82) is 0 Å². The zero-order valence-corrected chi connectivity index (χ0v) is 10.5. The second kappa shape index (κ2) is 5.85. The second-order valence-corrected chi connectivity index (χ2v) is 4.21. The molecule has 0 radical (unpaired) electrons. The highest BCUT2D eigenvalue weighted by molar-refractivity contribution is 6.31. The van der Waals surface area contributed by atoms with Crippen molar-refractivity contribution in [2.75, 3.05) is 0 Å². The molecule has 0 amide bonds. The SMILES string of the molecule is NCc1c(F)cccc1OCc1ccccc1Cl. The van der Waals surface area contributed by atoms with Crippen LogP contribution in [0, 0.1) is 5.82 Å².